The molecule has 0 aliphatic rings. The zero-order valence-corrected chi connectivity index (χ0v) is 12.8. The van der Waals surface area contributed by atoms with Crippen LogP contribution in [0.3, 0.4) is 0 Å². The van der Waals surface area contributed by atoms with Gasteiger partial charge in [0.25, 0.3) is 0 Å². The summed E-state index contributed by atoms with van der Waals surface area (Å²) >= 11 is 0. The molecule has 0 amide bonds. The molecule has 0 aromatic heterocycles. The predicted molar refractivity (Wildman–Crippen MR) is 77.6 cm³/mol. The Labute approximate surface area is 108 Å². The lowest BCUT2D eigenvalue weighted by Gasteiger charge is -2.14. The Balaban J connectivity index is 3.35. The van der Waals surface area contributed by atoms with Crippen LogP contribution in [-0.2, 0) is 4.57 Å². The average Bonchev–Trinajstić information content (AvgIpc) is 2.20. The highest BCUT2D eigenvalue weighted by Crippen LogP contribution is 2.42. The molecule has 0 rings (SSSR count). The fraction of sp³-hybridized carbons (Fsp3) is 1.00. The summed E-state index contributed by atoms with van der Waals surface area (Å²) in [7, 11) is -2.06. The van der Waals surface area contributed by atoms with E-state index < -0.39 is 13.2 Å². The van der Waals surface area contributed by atoms with Crippen molar-refractivity contribution in [2.75, 3.05) is 19.0 Å². The number of aliphatic hydroxyl groups excluding tert-OH is 1. The van der Waals surface area contributed by atoms with Crippen molar-refractivity contribution in [3.63, 3.8) is 0 Å². The van der Waals surface area contributed by atoms with Crippen molar-refractivity contribution in [3.8, 4) is 0 Å². The molecule has 2 unspecified atom stereocenters. The monoisotopic (exact) mass is 262 g/mol. The van der Waals surface area contributed by atoms with E-state index in [4.69, 9.17) is 0 Å². The minimum Gasteiger partial charge on any atom is -0.393 e. The van der Waals surface area contributed by atoms with Gasteiger partial charge in [-0.3, -0.25) is 0 Å². The van der Waals surface area contributed by atoms with Gasteiger partial charge >= 0.3 is 0 Å². The van der Waals surface area contributed by atoms with Crippen LogP contribution >= 0.6 is 7.14 Å². The van der Waals surface area contributed by atoms with Crippen LogP contribution in [0.2, 0.25) is 0 Å². The van der Waals surface area contributed by atoms with Gasteiger partial charge in [0.05, 0.1) is 13.2 Å². The minimum atomic E-state index is -2.06. The molecule has 0 bridgehead atoms. The zero-order valence-electron chi connectivity index (χ0n) is 12.0. The fourth-order valence-corrected chi connectivity index (χ4v) is 4.42. The number of hydrogen-bond donors (Lipinski definition) is 1. The second-order valence-corrected chi connectivity index (χ2v) is 8.93. The van der Waals surface area contributed by atoms with Gasteiger partial charge in [0.2, 0.25) is 0 Å². The largest absolute Gasteiger partial charge is 0.393 e. The van der Waals surface area contributed by atoms with Crippen LogP contribution in [0.1, 0.15) is 65.2 Å². The third kappa shape index (κ3) is 12.4. The van der Waals surface area contributed by atoms with Gasteiger partial charge in [-0.05, 0) is 20.0 Å². The Morgan fingerprint density at radius 2 is 1.47 bits per heavy atom. The fourth-order valence-electron chi connectivity index (χ4n) is 2.23. The van der Waals surface area contributed by atoms with E-state index in [2.05, 4.69) is 6.92 Å². The summed E-state index contributed by atoms with van der Waals surface area (Å²) in [5.41, 5.74) is 0. The van der Waals surface area contributed by atoms with Crippen LogP contribution in [0.25, 0.3) is 0 Å². The van der Waals surface area contributed by atoms with Gasteiger partial charge in [-0.15, -0.1) is 0 Å². The summed E-state index contributed by atoms with van der Waals surface area (Å²) in [6.07, 6.45) is 11.1. The molecule has 1 N–H and O–H groups in total. The first-order chi connectivity index (χ1) is 7.98. The highest BCUT2D eigenvalue weighted by molar-refractivity contribution is 7.63. The quantitative estimate of drug-likeness (QED) is 0.439. The van der Waals surface area contributed by atoms with Gasteiger partial charge in [-0.2, -0.15) is 0 Å². The van der Waals surface area contributed by atoms with E-state index >= 15 is 0 Å². The van der Waals surface area contributed by atoms with Gasteiger partial charge in [0.15, 0.2) is 0 Å². The van der Waals surface area contributed by atoms with Crippen LogP contribution in [-0.4, -0.2) is 30.2 Å². The van der Waals surface area contributed by atoms with Crippen molar-refractivity contribution in [1.82, 2.24) is 0 Å². The van der Waals surface area contributed by atoms with E-state index in [1.807, 2.05) is 6.66 Å². The van der Waals surface area contributed by atoms with Crippen molar-refractivity contribution in [3.05, 3.63) is 0 Å². The SMILES string of the molecule is CCCCCCCCCCP(C)(=O)CC(C)O. The van der Waals surface area contributed by atoms with Gasteiger partial charge in [-0.1, -0.05) is 51.9 Å². The molecule has 3 heteroatoms. The van der Waals surface area contributed by atoms with Crippen LogP contribution in [0, 0.1) is 0 Å². The molecular weight excluding hydrogens is 231 g/mol. The molecule has 0 saturated carbocycles. The van der Waals surface area contributed by atoms with Crippen molar-refractivity contribution in [2.45, 2.75) is 71.3 Å². The molecule has 0 aliphatic carbocycles. The molecule has 2 nitrogen and oxygen atoms in total. The molecule has 0 spiro atoms. The molecule has 17 heavy (non-hydrogen) atoms. The zero-order chi connectivity index (χ0) is 13.1. The predicted octanol–water partition coefficient (Wildman–Crippen LogP) is 4.50. The third-order valence-corrected chi connectivity index (χ3v) is 5.70. The van der Waals surface area contributed by atoms with Gasteiger partial charge in [0, 0.05) is 12.3 Å². The highest BCUT2D eigenvalue weighted by atomic mass is 31.2. The van der Waals surface area contributed by atoms with Crippen LogP contribution in [0.15, 0.2) is 0 Å². The third-order valence-electron chi connectivity index (χ3n) is 3.14. The lowest BCUT2D eigenvalue weighted by molar-refractivity contribution is 0.217. The van der Waals surface area contributed by atoms with E-state index in [0.29, 0.717) is 6.16 Å². The Morgan fingerprint density at radius 1 is 1.00 bits per heavy atom. The summed E-state index contributed by atoms with van der Waals surface area (Å²) in [5.74, 6) is 0. The maximum atomic E-state index is 12.0. The van der Waals surface area contributed by atoms with Gasteiger partial charge in [-0.25, -0.2) is 0 Å². The summed E-state index contributed by atoms with van der Waals surface area (Å²) in [6.45, 7) is 5.80. The molecular formula is C14H31O2P. The average molecular weight is 262 g/mol. The van der Waals surface area contributed by atoms with Crippen LogP contribution < -0.4 is 0 Å². The molecule has 0 radical (unpaired) electrons. The van der Waals surface area contributed by atoms with Crippen molar-refractivity contribution in [1.29, 1.82) is 0 Å². The second-order valence-electron chi connectivity index (χ2n) is 5.53. The first-order valence-corrected chi connectivity index (χ1v) is 9.74. The highest BCUT2D eigenvalue weighted by Gasteiger charge is 2.16. The van der Waals surface area contributed by atoms with E-state index in [9.17, 15) is 9.67 Å². The maximum Gasteiger partial charge on any atom is 0.0873 e. The molecule has 0 saturated heterocycles. The van der Waals surface area contributed by atoms with Gasteiger partial charge in [0.1, 0.15) is 0 Å². The first kappa shape index (κ1) is 17.2. The molecule has 2 atom stereocenters. The normalized spacial score (nSPS) is 16.7. The first-order valence-electron chi connectivity index (χ1n) is 7.21. The maximum absolute atomic E-state index is 12.0. The number of rotatable bonds is 11. The molecule has 0 heterocycles. The lowest BCUT2D eigenvalue weighted by Crippen LogP contribution is -2.08. The van der Waals surface area contributed by atoms with Crippen molar-refractivity contribution < 1.29 is 9.67 Å². The van der Waals surface area contributed by atoms with Crippen LogP contribution in [0.4, 0.5) is 0 Å². The number of hydrogen-bond acceptors (Lipinski definition) is 2. The molecule has 0 fully saturated rings. The summed E-state index contributed by atoms with van der Waals surface area (Å²) in [6, 6.07) is 0. The smallest absolute Gasteiger partial charge is 0.0873 e. The Kier molecular flexibility index (Phi) is 10.3. The van der Waals surface area contributed by atoms with E-state index in [-0.39, 0.29) is 0 Å². The molecule has 104 valence electrons. The Morgan fingerprint density at radius 3 is 1.94 bits per heavy atom. The van der Waals surface area contributed by atoms with E-state index in [1.54, 1.807) is 6.92 Å². The van der Waals surface area contributed by atoms with Gasteiger partial charge < -0.3 is 9.67 Å². The summed E-state index contributed by atoms with van der Waals surface area (Å²) in [4.78, 5) is 0. The molecule has 0 aliphatic heterocycles. The molecule has 0 aromatic rings. The number of aliphatic hydroxyl groups is 1. The Bertz CT molecular complexity index is 214. The van der Waals surface area contributed by atoms with Crippen molar-refractivity contribution in [2.24, 2.45) is 0 Å². The lowest BCUT2D eigenvalue weighted by atomic mass is 10.1. The summed E-state index contributed by atoms with van der Waals surface area (Å²) < 4.78 is 12.0. The minimum absolute atomic E-state index is 0.417. The topological polar surface area (TPSA) is 37.3 Å². The summed E-state index contributed by atoms with van der Waals surface area (Å²) in [5, 5.41) is 9.24. The Hall–Kier alpha value is 0.190. The van der Waals surface area contributed by atoms with E-state index in [0.717, 1.165) is 12.6 Å². The van der Waals surface area contributed by atoms with E-state index in [1.165, 1.54) is 44.9 Å². The van der Waals surface area contributed by atoms with Crippen LogP contribution in [0.5, 0.6) is 0 Å². The standard InChI is InChI=1S/C14H31O2P/c1-4-5-6-7-8-9-10-11-12-17(3,16)13-14(2)15/h14-15H,4-13H2,1-3H3. The second kappa shape index (κ2) is 10.1. The molecule has 0 aromatic carbocycles. The number of unbranched alkanes of at least 4 members (excludes halogenated alkanes) is 7. The van der Waals surface area contributed by atoms with Crippen molar-refractivity contribution >= 4 is 7.14 Å².